The largest absolute Gasteiger partial charge is 0.406 e. The van der Waals surface area contributed by atoms with Crippen LogP contribution >= 0.6 is 0 Å². The Morgan fingerprint density at radius 2 is 1.66 bits per heavy atom. The number of carbonyl (C=O) groups is 2. The third-order valence-corrected chi connectivity index (χ3v) is 15.5. The van der Waals surface area contributed by atoms with Gasteiger partial charge in [0.15, 0.2) is 0 Å². The molecule has 0 aliphatic carbocycles. The molecule has 5 rings (SSSR count). The maximum absolute atomic E-state index is 15.0. The molecule has 9 nitrogen and oxygen atoms in total. The van der Waals surface area contributed by atoms with Gasteiger partial charge >= 0.3 is 6.18 Å². The number of Topliss-reactive ketones (excluding diaryl/α,β-unsaturated/α-hetero) is 1. The van der Waals surface area contributed by atoms with Crippen molar-refractivity contribution >= 4 is 22.6 Å². The molecule has 1 fully saturated rings. The zero-order valence-electron chi connectivity index (χ0n) is 48.9. The quantitative estimate of drug-likeness (QED) is 0.0201. The van der Waals surface area contributed by atoms with Gasteiger partial charge in [0.05, 0.1) is 29.6 Å². The van der Waals surface area contributed by atoms with Crippen LogP contribution in [-0.2, 0) is 40.1 Å². The van der Waals surface area contributed by atoms with Crippen LogP contribution in [0.5, 0.6) is 0 Å². The lowest BCUT2D eigenvalue weighted by Gasteiger charge is -2.39. The normalized spacial score (nSPS) is 14.3. The highest BCUT2D eigenvalue weighted by molar-refractivity contribution is 5.96. The first-order chi connectivity index (χ1) is 36.3. The summed E-state index contributed by atoms with van der Waals surface area (Å²) in [7, 11) is 3.88. The lowest BCUT2D eigenvalue weighted by atomic mass is 9.77. The molecule has 420 valence electrons. The monoisotopic (exact) mass is 1060 g/mol. The van der Waals surface area contributed by atoms with Crippen molar-refractivity contribution in [2.45, 2.75) is 171 Å². The highest BCUT2D eigenvalue weighted by Gasteiger charge is 2.36. The third-order valence-electron chi connectivity index (χ3n) is 15.5. The molecule has 3 atom stereocenters. The van der Waals surface area contributed by atoms with Crippen LogP contribution in [0.4, 0.5) is 13.2 Å². The Morgan fingerprint density at radius 1 is 0.974 bits per heavy atom. The van der Waals surface area contributed by atoms with Crippen LogP contribution in [0, 0.1) is 47.4 Å². The summed E-state index contributed by atoms with van der Waals surface area (Å²) in [6.07, 6.45) is 9.32. The average molecular weight is 1060 g/mol. The van der Waals surface area contributed by atoms with E-state index in [1.54, 1.807) is 11.8 Å². The van der Waals surface area contributed by atoms with Gasteiger partial charge in [-0.2, -0.15) is 13.2 Å². The lowest BCUT2D eigenvalue weighted by molar-refractivity contribution is -0.140. The first-order valence-corrected chi connectivity index (χ1v) is 27.9. The summed E-state index contributed by atoms with van der Waals surface area (Å²) in [5, 5.41) is 0.761. The molecule has 2 unspecified atom stereocenters. The lowest BCUT2D eigenvalue weighted by Crippen LogP contribution is -2.55. The van der Waals surface area contributed by atoms with E-state index < -0.39 is 23.7 Å². The van der Waals surface area contributed by atoms with Crippen molar-refractivity contribution in [1.29, 1.82) is 0 Å². The van der Waals surface area contributed by atoms with Crippen LogP contribution in [0.2, 0.25) is 0 Å². The van der Waals surface area contributed by atoms with E-state index in [9.17, 15) is 9.59 Å². The zero-order valence-corrected chi connectivity index (χ0v) is 48.9. The minimum atomic E-state index is -4.52. The van der Waals surface area contributed by atoms with Crippen LogP contribution in [0.3, 0.4) is 0 Å². The van der Waals surface area contributed by atoms with Gasteiger partial charge in [-0.05, 0) is 162 Å². The van der Waals surface area contributed by atoms with E-state index in [2.05, 4.69) is 102 Å². The number of hydrogen-bond donors (Lipinski definition) is 2. The number of rotatable bonds is 27. The number of aryl methyl sites for hydroxylation is 2. The highest BCUT2D eigenvalue weighted by Crippen LogP contribution is 2.45. The summed E-state index contributed by atoms with van der Waals surface area (Å²) in [4.78, 5) is 34.3. The molecule has 1 aliphatic heterocycles. The van der Waals surface area contributed by atoms with Crippen LogP contribution in [0.25, 0.3) is 33.3 Å². The maximum atomic E-state index is 15.0. The number of hydrogen-bond acceptors (Lipinski definition) is 7. The van der Waals surface area contributed by atoms with Crippen molar-refractivity contribution in [3.05, 3.63) is 101 Å². The number of hydrazine groups is 1. The van der Waals surface area contributed by atoms with Crippen molar-refractivity contribution in [2.75, 3.05) is 40.3 Å². The number of halogens is 3. The summed E-state index contributed by atoms with van der Waals surface area (Å²) in [5.41, 5.74) is 11.0. The summed E-state index contributed by atoms with van der Waals surface area (Å²) < 4.78 is 52.9. The average Bonchev–Trinajstić information content (AvgIpc) is 3.65. The SMILES string of the molecule is C#CCCc1cnc(C(C)CC)c(-c2c(CC(C)(C)CCC(=C)[C@H](CCCNN)C(C)=O)c3cc(-c4cccc(CCC(=C)C(COC5CN(C(=O)C#CC(C)(C)N(C)C)C5)C(C)C)c4)ccc3n2CC(F)(F)F)c1.CC. The zero-order chi connectivity index (χ0) is 57.4. The number of terminal acetylenes is 1. The Morgan fingerprint density at radius 3 is 2.27 bits per heavy atom. The van der Waals surface area contributed by atoms with Gasteiger partial charge in [-0.15, -0.1) is 12.3 Å². The molecule has 0 radical (unpaired) electrons. The topological polar surface area (TPSA) is 106 Å². The Bertz CT molecular complexity index is 2740. The molecule has 2 aromatic carbocycles. The number of allylic oxidation sites excluding steroid dienone is 1. The first kappa shape index (κ1) is 64.0. The fourth-order valence-electron chi connectivity index (χ4n) is 9.95. The van der Waals surface area contributed by atoms with Crippen molar-refractivity contribution in [3.63, 3.8) is 0 Å². The van der Waals surface area contributed by atoms with Crippen LogP contribution in [0.15, 0.2) is 79.0 Å². The number of ether oxygens (including phenoxy) is 1. The number of nitrogens with one attached hydrogen (secondary N) is 1. The number of amides is 1. The Balaban J connectivity index is 0.00000632. The standard InChI is InChI=1S/C63H85F3N6O3.C2H6/c1-15-17-20-48-34-54(59(68-37-48)43(5)16-2)60-55(36-61(9,10)30-28-45(7)52(46(8)73)23-19-32-69-67)53-35-50(26-27-57(53)72(60)41-63(64,65)66)49-22-18-21-47(33-49)25-24-44(6)56(42(3)4)40-75-51-38-71(39-51)58(74)29-31-62(11,12)70(13)14;1-2/h1,18,21-22,26-27,33-35,37,42-43,51-52,56,69H,6-7,16-17,19-20,23-25,28,30,32,36,38-41,67H2,2-5,8-14H3;1-2H3/t43?,52-,56?;/m0./s1. The van der Waals surface area contributed by atoms with Crippen molar-refractivity contribution < 1.29 is 27.5 Å². The smallest absolute Gasteiger partial charge is 0.374 e. The van der Waals surface area contributed by atoms with E-state index in [0.717, 1.165) is 75.7 Å². The Kier molecular flexibility index (Phi) is 24.1. The van der Waals surface area contributed by atoms with E-state index in [1.807, 2.05) is 77.2 Å². The molecular formula is C65H91F3N6O3. The van der Waals surface area contributed by atoms with E-state index in [4.69, 9.17) is 22.0 Å². The Hall–Kier alpha value is -5.50. The van der Waals surface area contributed by atoms with Crippen molar-refractivity contribution in [2.24, 2.45) is 29.0 Å². The number of nitrogens with zero attached hydrogens (tertiary/aromatic N) is 4. The van der Waals surface area contributed by atoms with Crippen LogP contribution < -0.4 is 11.3 Å². The molecule has 2 aromatic heterocycles. The van der Waals surface area contributed by atoms with Crippen molar-refractivity contribution in [1.82, 2.24) is 24.8 Å². The highest BCUT2D eigenvalue weighted by atomic mass is 19.4. The molecule has 1 amide bonds. The van der Waals surface area contributed by atoms with E-state index in [0.29, 0.717) is 87.5 Å². The summed E-state index contributed by atoms with van der Waals surface area (Å²) in [6, 6.07) is 16.3. The predicted octanol–water partition coefficient (Wildman–Crippen LogP) is 13.7. The third kappa shape index (κ3) is 18.0. The van der Waals surface area contributed by atoms with Gasteiger partial charge in [0.2, 0.25) is 0 Å². The number of alkyl halides is 3. The van der Waals surface area contributed by atoms with Gasteiger partial charge < -0.3 is 14.2 Å². The molecule has 77 heavy (non-hydrogen) atoms. The van der Waals surface area contributed by atoms with Gasteiger partial charge in [-0.1, -0.05) is 116 Å². The second kappa shape index (κ2) is 28.9. The molecule has 1 aliphatic rings. The molecule has 0 spiro atoms. The van der Waals surface area contributed by atoms with Gasteiger partial charge in [-0.3, -0.25) is 30.7 Å². The number of ketones is 1. The predicted molar refractivity (Wildman–Crippen MR) is 313 cm³/mol. The van der Waals surface area contributed by atoms with E-state index in [1.165, 1.54) is 4.57 Å². The molecule has 12 heteroatoms. The summed E-state index contributed by atoms with van der Waals surface area (Å²) in [5.74, 6) is 14.1. The molecule has 4 aromatic rings. The number of benzene rings is 2. The minimum Gasteiger partial charge on any atom is -0.374 e. The molecule has 0 bridgehead atoms. The van der Waals surface area contributed by atoms with Gasteiger partial charge in [0.25, 0.3) is 5.91 Å². The van der Waals surface area contributed by atoms with Gasteiger partial charge in [0, 0.05) is 60.6 Å². The number of nitrogens with two attached hydrogens (primary N) is 1. The number of aromatic nitrogens is 2. The summed E-state index contributed by atoms with van der Waals surface area (Å²) >= 11 is 0. The number of likely N-dealkylation sites (tertiary alicyclic amines) is 1. The Labute approximate surface area is 461 Å². The fourth-order valence-corrected chi connectivity index (χ4v) is 9.95. The molecular weight excluding hydrogens is 970 g/mol. The van der Waals surface area contributed by atoms with E-state index in [-0.39, 0.29) is 35.5 Å². The maximum Gasteiger partial charge on any atom is 0.406 e. The van der Waals surface area contributed by atoms with Crippen LogP contribution in [-0.4, -0.2) is 89.2 Å². The number of pyridine rings is 1. The second-order valence-corrected chi connectivity index (χ2v) is 22.9. The van der Waals surface area contributed by atoms with Crippen LogP contribution in [0.1, 0.15) is 149 Å². The second-order valence-electron chi connectivity index (χ2n) is 22.9. The fraction of sp³-hybridized carbons (Fsp3) is 0.554. The molecule has 1 saturated heterocycles. The number of carbonyl (C=O) groups excluding carboxylic acids is 2. The van der Waals surface area contributed by atoms with E-state index >= 15 is 13.2 Å². The van der Waals surface area contributed by atoms with Gasteiger partial charge in [-0.25, -0.2) is 0 Å². The molecule has 0 saturated carbocycles. The molecule has 3 N–H and O–H groups in total. The van der Waals surface area contributed by atoms with Gasteiger partial charge in [0.1, 0.15) is 12.3 Å². The summed E-state index contributed by atoms with van der Waals surface area (Å²) in [6.45, 7) is 32.3. The molecule has 3 heterocycles. The first-order valence-electron chi connectivity index (χ1n) is 27.9. The minimum absolute atomic E-state index is 0.0311. The van der Waals surface area contributed by atoms with Crippen molar-refractivity contribution in [3.8, 4) is 46.6 Å². The number of fused-ring (bicyclic) bond motifs is 1.